The minimum atomic E-state index is -0.518. The van der Waals surface area contributed by atoms with Gasteiger partial charge in [-0.25, -0.2) is 8.78 Å². The monoisotopic (exact) mass is 241 g/mol. The summed E-state index contributed by atoms with van der Waals surface area (Å²) in [6.45, 7) is 4.89. The molecule has 1 aromatic rings. The van der Waals surface area contributed by atoms with Crippen molar-refractivity contribution in [3.05, 3.63) is 29.8 Å². The van der Waals surface area contributed by atoms with Crippen LogP contribution in [-0.2, 0) is 0 Å². The fourth-order valence-corrected chi connectivity index (χ4v) is 1.86. The van der Waals surface area contributed by atoms with Crippen LogP contribution >= 0.6 is 0 Å². The van der Waals surface area contributed by atoms with E-state index in [0.29, 0.717) is 12.5 Å². The lowest BCUT2D eigenvalue weighted by Gasteiger charge is -2.16. The Bertz CT molecular complexity index is 319. The van der Waals surface area contributed by atoms with Gasteiger partial charge in [0, 0.05) is 6.54 Å². The van der Waals surface area contributed by atoms with E-state index in [1.165, 1.54) is 24.6 Å². The van der Waals surface area contributed by atoms with Gasteiger partial charge in [-0.2, -0.15) is 0 Å². The highest BCUT2D eigenvalue weighted by atomic mass is 19.1. The quantitative estimate of drug-likeness (QED) is 0.736. The highest BCUT2D eigenvalue weighted by molar-refractivity contribution is 5.45. The molecule has 0 bridgehead atoms. The maximum Gasteiger partial charge on any atom is 0.149 e. The van der Waals surface area contributed by atoms with Crippen LogP contribution in [0, 0.1) is 17.6 Å². The molecular formula is C14H21F2N. The van der Waals surface area contributed by atoms with Crippen LogP contribution in [0.25, 0.3) is 0 Å². The summed E-state index contributed by atoms with van der Waals surface area (Å²) in [6.07, 6.45) is 4.46. The lowest BCUT2D eigenvalue weighted by atomic mass is 9.99. The first-order valence-electron chi connectivity index (χ1n) is 6.36. The van der Waals surface area contributed by atoms with Gasteiger partial charge in [0.15, 0.2) is 0 Å². The Morgan fingerprint density at radius 1 is 1.18 bits per heavy atom. The molecule has 0 saturated heterocycles. The number of para-hydroxylation sites is 1. The SMILES string of the molecule is CCCCC(CC)CNc1c(F)cccc1F. The Kier molecular flexibility index (Phi) is 5.95. The Balaban J connectivity index is 2.53. The smallest absolute Gasteiger partial charge is 0.149 e. The van der Waals surface area contributed by atoms with Crippen molar-refractivity contribution in [1.82, 2.24) is 0 Å². The molecule has 0 heterocycles. The van der Waals surface area contributed by atoms with Crippen LogP contribution in [0.15, 0.2) is 18.2 Å². The van der Waals surface area contributed by atoms with E-state index < -0.39 is 11.6 Å². The van der Waals surface area contributed by atoms with Crippen LogP contribution in [0.5, 0.6) is 0 Å². The van der Waals surface area contributed by atoms with E-state index in [0.717, 1.165) is 19.3 Å². The molecule has 0 fully saturated rings. The van der Waals surface area contributed by atoms with Gasteiger partial charge in [0.1, 0.15) is 17.3 Å². The summed E-state index contributed by atoms with van der Waals surface area (Å²) in [6, 6.07) is 3.93. The normalized spacial score (nSPS) is 12.5. The zero-order valence-corrected chi connectivity index (χ0v) is 10.6. The highest BCUT2D eigenvalue weighted by Gasteiger charge is 2.10. The third-order valence-electron chi connectivity index (χ3n) is 3.07. The standard InChI is InChI=1S/C14H21F2N/c1-3-5-7-11(4-2)10-17-14-12(15)8-6-9-13(14)16/h6,8-9,11,17H,3-5,7,10H2,1-2H3. The molecule has 0 spiro atoms. The van der Waals surface area contributed by atoms with Gasteiger partial charge in [-0.3, -0.25) is 0 Å². The number of nitrogens with one attached hydrogen (secondary N) is 1. The summed E-state index contributed by atoms with van der Waals surface area (Å²) in [5.41, 5.74) is 0.00227. The summed E-state index contributed by atoms with van der Waals surface area (Å²) >= 11 is 0. The predicted octanol–water partition coefficient (Wildman–Crippen LogP) is 4.59. The molecule has 0 radical (unpaired) electrons. The molecule has 1 aromatic carbocycles. The lowest BCUT2D eigenvalue weighted by molar-refractivity contribution is 0.470. The van der Waals surface area contributed by atoms with Crippen LogP contribution in [-0.4, -0.2) is 6.54 Å². The van der Waals surface area contributed by atoms with E-state index in [4.69, 9.17) is 0 Å². The summed E-state index contributed by atoms with van der Waals surface area (Å²) in [7, 11) is 0. The number of anilines is 1. The molecule has 1 unspecified atom stereocenters. The Morgan fingerprint density at radius 3 is 2.35 bits per heavy atom. The molecule has 1 atom stereocenters. The van der Waals surface area contributed by atoms with E-state index in [1.54, 1.807) is 0 Å². The third-order valence-corrected chi connectivity index (χ3v) is 3.07. The molecule has 1 rings (SSSR count). The van der Waals surface area contributed by atoms with Crippen molar-refractivity contribution in [2.45, 2.75) is 39.5 Å². The topological polar surface area (TPSA) is 12.0 Å². The van der Waals surface area contributed by atoms with Gasteiger partial charge in [0.05, 0.1) is 0 Å². The maximum absolute atomic E-state index is 13.4. The van der Waals surface area contributed by atoms with E-state index in [2.05, 4.69) is 19.2 Å². The van der Waals surface area contributed by atoms with Gasteiger partial charge in [-0.05, 0) is 24.5 Å². The van der Waals surface area contributed by atoms with Crippen LogP contribution in [0.1, 0.15) is 39.5 Å². The van der Waals surface area contributed by atoms with Crippen LogP contribution in [0.2, 0.25) is 0 Å². The van der Waals surface area contributed by atoms with Gasteiger partial charge in [-0.1, -0.05) is 39.2 Å². The molecule has 0 aliphatic carbocycles. The molecule has 1 N–H and O–H groups in total. The predicted molar refractivity (Wildman–Crippen MR) is 68.2 cm³/mol. The fraction of sp³-hybridized carbons (Fsp3) is 0.571. The van der Waals surface area contributed by atoms with E-state index in [-0.39, 0.29) is 5.69 Å². The van der Waals surface area contributed by atoms with Crippen molar-refractivity contribution in [2.75, 3.05) is 11.9 Å². The van der Waals surface area contributed by atoms with E-state index in [1.807, 2.05) is 0 Å². The fourth-order valence-electron chi connectivity index (χ4n) is 1.86. The minimum absolute atomic E-state index is 0.00227. The number of hydrogen-bond donors (Lipinski definition) is 1. The molecule has 17 heavy (non-hydrogen) atoms. The molecule has 0 aliphatic rings. The third kappa shape index (κ3) is 4.33. The molecule has 0 aliphatic heterocycles. The average Bonchev–Trinajstić information content (AvgIpc) is 2.32. The first kappa shape index (κ1) is 13.9. The summed E-state index contributed by atoms with van der Waals surface area (Å²) in [5, 5.41) is 2.89. The second-order valence-electron chi connectivity index (χ2n) is 4.39. The van der Waals surface area contributed by atoms with Crippen molar-refractivity contribution in [1.29, 1.82) is 0 Å². The Morgan fingerprint density at radius 2 is 1.82 bits per heavy atom. The first-order valence-corrected chi connectivity index (χ1v) is 6.36. The second-order valence-corrected chi connectivity index (χ2v) is 4.39. The number of benzene rings is 1. The number of unbranched alkanes of at least 4 members (excludes halogenated alkanes) is 1. The van der Waals surface area contributed by atoms with E-state index >= 15 is 0 Å². The van der Waals surface area contributed by atoms with Crippen molar-refractivity contribution < 1.29 is 8.78 Å². The molecule has 0 aromatic heterocycles. The molecule has 0 amide bonds. The van der Waals surface area contributed by atoms with Crippen molar-refractivity contribution >= 4 is 5.69 Å². The van der Waals surface area contributed by atoms with Crippen molar-refractivity contribution in [3.63, 3.8) is 0 Å². The molecule has 3 heteroatoms. The van der Waals surface area contributed by atoms with Gasteiger partial charge in [0.2, 0.25) is 0 Å². The van der Waals surface area contributed by atoms with Crippen molar-refractivity contribution in [2.24, 2.45) is 5.92 Å². The van der Waals surface area contributed by atoms with Gasteiger partial charge < -0.3 is 5.32 Å². The second kappa shape index (κ2) is 7.25. The zero-order valence-electron chi connectivity index (χ0n) is 10.6. The molecule has 1 nitrogen and oxygen atoms in total. The minimum Gasteiger partial charge on any atom is -0.380 e. The van der Waals surface area contributed by atoms with Gasteiger partial charge >= 0.3 is 0 Å². The van der Waals surface area contributed by atoms with Gasteiger partial charge in [0.25, 0.3) is 0 Å². The van der Waals surface area contributed by atoms with Gasteiger partial charge in [-0.15, -0.1) is 0 Å². The zero-order chi connectivity index (χ0) is 12.7. The lowest BCUT2D eigenvalue weighted by Crippen LogP contribution is -2.15. The number of rotatable bonds is 7. The van der Waals surface area contributed by atoms with E-state index in [9.17, 15) is 8.78 Å². The summed E-state index contributed by atoms with van der Waals surface area (Å²) in [5.74, 6) is -0.556. The van der Waals surface area contributed by atoms with Crippen LogP contribution in [0.4, 0.5) is 14.5 Å². The number of halogens is 2. The molecular weight excluding hydrogens is 220 g/mol. The summed E-state index contributed by atoms with van der Waals surface area (Å²) < 4.78 is 26.7. The van der Waals surface area contributed by atoms with Crippen LogP contribution in [0.3, 0.4) is 0 Å². The Hall–Kier alpha value is -1.12. The summed E-state index contributed by atoms with van der Waals surface area (Å²) in [4.78, 5) is 0. The molecule has 0 saturated carbocycles. The Labute approximate surface area is 102 Å². The maximum atomic E-state index is 13.4. The first-order chi connectivity index (χ1) is 8.19. The van der Waals surface area contributed by atoms with Crippen LogP contribution < -0.4 is 5.32 Å². The molecule has 96 valence electrons. The number of hydrogen-bond acceptors (Lipinski definition) is 1. The largest absolute Gasteiger partial charge is 0.380 e. The van der Waals surface area contributed by atoms with Crippen molar-refractivity contribution in [3.8, 4) is 0 Å². The average molecular weight is 241 g/mol. The highest BCUT2D eigenvalue weighted by Crippen LogP contribution is 2.20.